The molecule has 6 aliphatic carbocycles. The van der Waals surface area contributed by atoms with Gasteiger partial charge in [-0.25, -0.2) is 0 Å². The second kappa shape index (κ2) is 10.1. The molecular formula is C33H49NO2. The lowest BCUT2D eigenvalue weighted by Crippen LogP contribution is -2.52. The normalized spacial score (nSPS) is 40.4. The van der Waals surface area contributed by atoms with Crippen molar-refractivity contribution in [2.24, 2.45) is 47.3 Å². The molecule has 36 heavy (non-hydrogen) atoms. The zero-order valence-electron chi connectivity index (χ0n) is 23.1. The van der Waals surface area contributed by atoms with Gasteiger partial charge in [-0.05, 0) is 99.5 Å². The van der Waals surface area contributed by atoms with Crippen LogP contribution in [0.5, 0.6) is 0 Å². The van der Waals surface area contributed by atoms with Crippen LogP contribution in [0.15, 0.2) is 47.8 Å². The Balaban J connectivity index is 1.23. The molecule has 0 aromatic carbocycles. The summed E-state index contributed by atoms with van der Waals surface area (Å²) >= 11 is 0. The molecule has 0 radical (unpaired) electrons. The number of hydrogen-bond donors (Lipinski definition) is 1. The summed E-state index contributed by atoms with van der Waals surface area (Å²) in [5, 5.41) is 3.73. The van der Waals surface area contributed by atoms with Crippen molar-refractivity contribution in [1.82, 2.24) is 5.32 Å². The summed E-state index contributed by atoms with van der Waals surface area (Å²) in [6, 6.07) is 0.409. The quantitative estimate of drug-likeness (QED) is 0.337. The lowest BCUT2D eigenvalue weighted by Gasteiger charge is -2.46. The van der Waals surface area contributed by atoms with Gasteiger partial charge in [-0.3, -0.25) is 0 Å². The number of allylic oxidation sites excluding steroid dienone is 6. The highest BCUT2D eigenvalue weighted by atomic mass is 16.7. The van der Waals surface area contributed by atoms with Crippen LogP contribution < -0.4 is 5.32 Å². The molecule has 1 saturated heterocycles. The van der Waals surface area contributed by atoms with Gasteiger partial charge in [0.1, 0.15) is 0 Å². The number of nitrogens with one attached hydrogen (secondary N) is 1. The van der Waals surface area contributed by atoms with Gasteiger partial charge in [-0.15, -0.1) is 0 Å². The average Bonchev–Trinajstić information content (AvgIpc) is 3.27. The molecule has 7 atom stereocenters. The monoisotopic (exact) mass is 491 g/mol. The molecule has 5 fully saturated rings. The molecule has 0 aromatic heterocycles. The van der Waals surface area contributed by atoms with Crippen LogP contribution in [0.2, 0.25) is 0 Å². The molecule has 4 saturated carbocycles. The van der Waals surface area contributed by atoms with Gasteiger partial charge in [-0.2, -0.15) is 0 Å². The van der Waals surface area contributed by atoms with E-state index in [0.29, 0.717) is 29.7 Å². The fourth-order valence-corrected chi connectivity index (χ4v) is 9.04. The zero-order chi connectivity index (χ0) is 24.9. The highest BCUT2D eigenvalue weighted by Gasteiger charge is 2.58. The first-order valence-electron chi connectivity index (χ1n) is 15.2. The third kappa shape index (κ3) is 4.92. The molecule has 4 bridgehead atoms. The third-order valence-electron chi connectivity index (χ3n) is 10.5. The maximum Gasteiger partial charge on any atom is 0.203 e. The smallest absolute Gasteiger partial charge is 0.203 e. The van der Waals surface area contributed by atoms with Crippen molar-refractivity contribution >= 4 is 0 Å². The minimum atomic E-state index is -0.134. The van der Waals surface area contributed by atoms with Gasteiger partial charge in [0, 0.05) is 24.3 Å². The zero-order valence-corrected chi connectivity index (χ0v) is 23.1. The first-order chi connectivity index (χ1) is 17.4. The predicted octanol–water partition coefficient (Wildman–Crippen LogP) is 7.57. The van der Waals surface area contributed by atoms with E-state index in [1.807, 2.05) is 0 Å². The van der Waals surface area contributed by atoms with E-state index in [9.17, 15) is 0 Å². The first kappa shape index (κ1) is 25.0. The molecule has 198 valence electrons. The van der Waals surface area contributed by atoms with Crippen molar-refractivity contribution < 1.29 is 9.47 Å². The standard InChI is InChI=1S/C33H49NO2/c1-21(2)15-30(22(3)4)24-9-11-27(12-10-24)35-32(29-13-14-34-31-8-6-5-7-28(29)31)36-33-18-23-16-25(19-33)26(17-23)20-33/h5-9,11,21-23,25-26,28-32,34H,10,12-20H2,1-4H3. The van der Waals surface area contributed by atoms with Gasteiger partial charge in [-0.1, -0.05) is 63.6 Å². The van der Waals surface area contributed by atoms with Crippen molar-refractivity contribution in [3.63, 3.8) is 0 Å². The van der Waals surface area contributed by atoms with Crippen LogP contribution in [0.4, 0.5) is 0 Å². The van der Waals surface area contributed by atoms with Gasteiger partial charge in [0.25, 0.3) is 0 Å². The Morgan fingerprint density at radius 1 is 0.972 bits per heavy atom. The van der Waals surface area contributed by atoms with E-state index in [0.717, 1.165) is 55.2 Å². The molecule has 3 nitrogen and oxygen atoms in total. The van der Waals surface area contributed by atoms with Gasteiger partial charge in [0.05, 0.1) is 11.4 Å². The van der Waals surface area contributed by atoms with E-state index in [1.54, 1.807) is 5.57 Å². The predicted molar refractivity (Wildman–Crippen MR) is 147 cm³/mol. The Morgan fingerprint density at radius 2 is 1.75 bits per heavy atom. The van der Waals surface area contributed by atoms with E-state index < -0.39 is 0 Å². The summed E-state index contributed by atoms with van der Waals surface area (Å²) in [6.45, 7) is 10.5. The highest BCUT2D eigenvalue weighted by Crippen LogP contribution is 2.62. The van der Waals surface area contributed by atoms with E-state index in [4.69, 9.17) is 9.47 Å². The third-order valence-corrected chi connectivity index (χ3v) is 10.5. The minimum absolute atomic E-state index is 0.0754. The number of ether oxygens (including phenoxy) is 2. The maximum absolute atomic E-state index is 7.26. The van der Waals surface area contributed by atoms with Crippen LogP contribution >= 0.6 is 0 Å². The van der Waals surface area contributed by atoms with Gasteiger partial charge < -0.3 is 14.8 Å². The summed E-state index contributed by atoms with van der Waals surface area (Å²) in [5.41, 5.74) is 1.70. The molecule has 0 aromatic rings. The molecule has 7 unspecified atom stereocenters. The van der Waals surface area contributed by atoms with Crippen molar-refractivity contribution in [2.45, 2.75) is 103 Å². The summed E-state index contributed by atoms with van der Waals surface area (Å²) < 4.78 is 14.2. The van der Waals surface area contributed by atoms with Gasteiger partial charge in [0.2, 0.25) is 6.29 Å². The van der Waals surface area contributed by atoms with E-state index in [2.05, 4.69) is 69.5 Å². The fourth-order valence-electron chi connectivity index (χ4n) is 9.04. The number of fused-ring (bicyclic) bond motifs is 1. The SMILES string of the molecule is CC(C)CC(C1=CC=C(OC(OC23CC4CC(C2)C(C4)C3)C2CCNC3C=CC=CC32)CC1)C(C)C. The molecular weight excluding hydrogens is 442 g/mol. The Bertz CT molecular complexity index is 906. The van der Waals surface area contributed by atoms with Crippen LogP contribution in [0.1, 0.15) is 85.5 Å². The molecule has 1 N–H and O–H groups in total. The molecule has 1 aliphatic heterocycles. The number of rotatable bonds is 9. The van der Waals surface area contributed by atoms with Crippen LogP contribution in [0.25, 0.3) is 0 Å². The van der Waals surface area contributed by atoms with Crippen molar-refractivity contribution in [3.8, 4) is 0 Å². The Kier molecular flexibility index (Phi) is 7.01. The second-order valence-corrected chi connectivity index (χ2v) is 13.9. The van der Waals surface area contributed by atoms with Crippen molar-refractivity contribution in [1.29, 1.82) is 0 Å². The Hall–Kier alpha value is -1.32. The van der Waals surface area contributed by atoms with E-state index in [1.165, 1.54) is 38.5 Å². The Morgan fingerprint density at radius 3 is 2.42 bits per heavy atom. The van der Waals surface area contributed by atoms with Crippen molar-refractivity contribution in [2.75, 3.05) is 6.54 Å². The molecule has 3 heteroatoms. The summed E-state index contributed by atoms with van der Waals surface area (Å²) in [7, 11) is 0. The van der Waals surface area contributed by atoms with Crippen LogP contribution in [0, 0.1) is 47.3 Å². The topological polar surface area (TPSA) is 30.5 Å². The molecule has 0 amide bonds. The maximum atomic E-state index is 7.26. The van der Waals surface area contributed by atoms with Gasteiger partial charge in [0.15, 0.2) is 0 Å². The molecule has 7 rings (SSSR count). The van der Waals surface area contributed by atoms with Crippen LogP contribution in [-0.2, 0) is 9.47 Å². The lowest BCUT2D eigenvalue weighted by molar-refractivity contribution is -0.239. The molecule has 7 aliphatic rings. The van der Waals surface area contributed by atoms with E-state index >= 15 is 0 Å². The highest BCUT2D eigenvalue weighted by molar-refractivity contribution is 5.24. The first-order valence-corrected chi connectivity index (χ1v) is 15.2. The molecule has 0 spiro atoms. The summed E-state index contributed by atoms with van der Waals surface area (Å²) in [6.07, 6.45) is 25.0. The van der Waals surface area contributed by atoms with Crippen LogP contribution in [0.3, 0.4) is 0 Å². The summed E-state index contributed by atoms with van der Waals surface area (Å²) in [4.78, 5) is 0. The van der Waals surface area contributed by atoms with Crippen molar-refractivity contribution in [3.05, 3.63) is 47.8 Å². The second-order valence-electron chi connectivity index (χ2n) is 13.9. The minimum Gasteiger partial charge on any atom is -0.469 e. The largest absolute Gasteiger partial charge is 0.469 e. The molecule has 1 heterocycles. The average molecular weight is 492 g/mol. The summed E-state index contributed by atoms with van der Waals surface area (Å²) in [5.74, 6) is 6.83. The van der Waals surface area contributed by atoms with Gasteiger partial charge >= 0.3 is 0 Å². The lowest BCUT2D eigenvalue weighted by atomic mass is 9.76. The number of hydrogen-bond acceptors (Lipinski definition) is 3. The number of piperidine rings is 1. The fraction of sp³-hybridized carbons (Fsp3) is 0.758. The Labute approximate surface area is 219 Å². The van der Waals surface area contributed by atoms with Crippen LogP contribution in [-0.4, -0.2) is 24.5 Å². The van der Waals surface area contributed by atoms with E-state index in [-0.39, 0.29) is 11.9 Å².